The lowest BCUT2D eigenvalue weighted by Gasteiger charge is -2.14. The van der Waals surface area contributed by atoms with Gasteiger partial charge in [0.25, 0.3) is 0 Å². The van der Waals surface area contributed by atoms with Gasteiger partial charge in [0, 0.05) is 18.9 Å². The first-order chi connectivity index (χ1) is 9.16. The van der Waals surface area contributed by atoms with Gasteiger partial charge in [-0.15, -0.1) is 0 Å². The summed E-state index contributed by atoms with van der Waals surface area (Å²) in [6.45, 7) is 8.72. The van der Waals surface area contributed by atoms with Gasteiger partial charge in [-0.25, -0.2) is 0 Å². The number of nitrogens with zero attached hydrogens (tertiary/aromatic N) is 1. The molecular formula is C17H24N2. The lowest BCUT2D eigenvalue weighted by molar-refractivity contribution is 0.551. The number of hydrogen-bond acceptors (Lipinski definition) is 1. The number of aromatic nitrogens is 1. The minimum Gasteiger partial charge on any atom is -0.347 e. The van der Waals surface area contributed by atoms with Crippen molar-refractivity contribution in [1.82, 2.24) is 9.88 Å². The van der Waals surface area contributed by atoms with Gasteiger partial charge in [-0.2, -0.15) is 0 Å². The molecular weight excluding hydrogens is 232 g/mol. The highest BCUT2D eigenvalue weighted by molar-refractivity contribution is 5.21. The van der Waals surface area contributed by atoms with Crippen LogP contribution >= 0.6 is 0 Å². The topological polar surface area (TPSA) is 17.0 Å². The summed E-state index contributed by atoms with van der Waals surface area (Å²) in [5.74, 6) is 0.699. The fourth-order valence-corrected chi connectivity index (χ4v) is 2.21. The SMILES string of the molecule is CC(C)CNCc1ccn([C@H](C)c2ccccc2)c1. The Hall–Kier alpha value is -1.54. The van der Waals surface area contributed by atoms with Crippen LogP contribution in [0, 0.1) is 5.92 Å². The van der Waals surface area contributed by atoms with E-state index in [1.54, 1.807) is 0 Å². The number of rotatable bonds is 6. The Morgan fingerprint density at radius 1 is 1.05 bits per heavy atom. The molecule has 0 unspecified atom stereocenters. The summed E-state index contributed by atoms with van der Waals surface area (Å²) in [5, 5.41) is 3.48. The van der Waals surface area contributed by atoms with E-state index in [2.05, 4.69) is 79.4 Å². The van der Waals surface area contributed by atoms with E-state index in [4.69, 9.17) is 0 Å². The van der Waals surface area contributed by atoms with E-state index in [1.165, 1.54) is 11.1 Å². The first-order valence-electron chi connectivity index (χ1n) is 7.09. The third kappa shape index (κ3) is 3.97. The van der Waals surface area contributed by atoms with E-state index < -0.39 is 0 Å². The fraction of sp³-hybridized carbons (Fsp3) is 0.412. The predicted molar refractivity (Wildman–Crippen MR) is 81.2 cm³/mol. The highest BCUT2D eigenvalue weighted by Crippen LogP contribution is 2.18. The third-order valence-electron chi connectivity index (χ3n) is 3.39. The van der Waals surface area contributed by atoms with E-state index in [-0.39, 0.29) is 0 Å². The van der Waals surface area contributed by atoms with Crippen molar-refractivity contribution in [3.63, 3.8) is 0 Å². The summed E-state index contributed by atoms with van der Waals surface area (Å²) >= 11 is 0. The molecule has 0 aliphatic rings. The molecule has 2 heteroatoms. The standard InChI is InChI=1S/C17H24N2/c1-14(2)11-18-12-16-9-10-19(13-16)15(3)17-7-5-4-6-8-17/h4-10,13-15,18H,11-12H2,1-3H3/t15-/m1/s1. The molecule has 102 valence electrons. The van der Waals surface area contributed by atoms with Crippen LogP contribution in [0.25, 0.3) is 0 Å². The van der Waals surface area contributed by atoms with E-state index in [1.807, 2.05) is 0 Å². The maximum absolute atomic E-state index is 3.48. The molecule has 1 aromatic carbocycles. The van der Waals surface area contributed by atoms with E-state index in [0.29, 0.717) is 12.0 Å². The van der Waals surface area contributed by atoms with Gasteiger partial charge < -0.3 is 9.88 Å². The van der Waals surface area contributed by atoms with Gasteiger partial charge in [0.2, 0.25) is 0 Å². The molecule has 1 heterocycles. The molecule has 0 amide bonds. The predicted octanol–water partition coefficient (Wildman–Crippen LogP) is 3.84. The number of nitrogens with one attached hydrogen (secondary N) is 1. The van der Waals surface area contributed by atoms with Gasteiger partial charge in [-0.3, -0.25) is 0 Å². The Kier molecular flexibility index (Phi) is 4.80. The zero-order valence-electron chi connectivity index (χ0n) is 12.1. The zero-order valence-corrected chi connectivity index (χ0v) is 12.1. The average Bonchev–Trinajstić information content (AvgIpc) is 2.87. The minimum absolute atomic E-state index is 0.389. The van der Waals surface area contributed by atoms with Gasteiger partial charge >= 0.3 is 0 Å². The zero-order chi connectivity index (χ0) is 13.7. The molecule has 2 aromatic rings. The molecule has 1 N–H and O–H groups in total. The van der Waals surface area contributed by atoms with Gasteiger partial charge in [-0.05, 0) is 36.6 Å². The molecule has 1 atom stereocenters. The van der Waals surface area contributed by atoms with Crippen molar-refractivity contribution in [3.8, 4) is 0 Å². The van der Waals surface area contributed by atoms with Gasteiger partial charge in [0.15, 0.2) is 0 Å². The van der Waals surface area contributed by atoms with Crippen molar-refractivity contribution < 1.29 is 0 Å². The second-order valence-electron chi connectivity index (χ2n) is 5.58. The highest BCUT2D eigenvalue weighted by atomic mass is 15.0. The van der Waals surface area contributed by atoms with Crippen LogP contribution in [0.15, 0.2) is 48.8 Å². The molecule has 0 spiro atoms. The summed E-state index contributed by atoms with van der Waals surface area (Å²) in [4.78, 5) is 0. The third-order valence-corrected chi connectivity index (χ3v) is 3.39. The summed E-state index contributed by atoms with van der Waals surface area (Å²) in [5.41, 5.74) is 2.70. The largest absolute Gasteiger partial charge is 0.347 e. The van der Waals surface area contributed by atoms with Crippen molar-refractivity contribution >= 4 is 0 Å². The van der Waals surface area contributed by atoms with E-state index in [9.17, 15) is 0 Å². The van der Waals surface area contributed by atoms with Crippen molar-refractivity contribution in [2.24, 2.45) is 5.92 Å². The summed E-state index contributed by atoms with van der Waals surface area (Å²) in [6, 6.07) is 13.2. The Balaban J connectivity index is 1.97. The number of benzene rings is 1. The van der Waals surface area contributed by atoms with Crippen LogP contribution in [0.1, 0.15) is 37.9 Å². The molecule has 19 heavy (non-hydrogen) atoms. The molecule has 0 bridgehead atoms. The number of hydrogen-bond donors (Lipinski definition) is 1. The monoisotopic (exact) mass is 256 g/mol. The lowest BCUT2D eigenvalue weighted by atomic mass is 10.1. The van der Waals surface area contributed by atoms with Crippen LogP contribution in [-0.4, -0.2) is 11.1 Å². The Morgan fingerprint density at radius 2 is 1.79 bits per heavy atom. The van der Waals surface area contributed by atoms with E-state index >= 15 is 0 Å². The average molecular weight is 256 g/mol. The molecule has 0 aliphatic heterocycles. The molecule has 0 saturated heterocycles. The molecule has 0 fully saturated rings. The molecule has 2 rings (SSSR count). The van der Waals surface area contributed by atoms with Crippen LogP contribution in [0.2, 0.25) is 0 Å². The summed E-state index contributed by atoms with van der Waals surface area (Å²) in [6.07, 6.45) is 4.41. The normalized spacial score (nSPS) is 12.8. The first-order valence-corrected chi connectivity index (χ1v) is 7.09. The Bertz CT molecular complexity index is 485. The molecule has 0 saturated carbocycles. The van der Waals surface area contributed by atoms with Crippen LogP contribution in [0.5, 0.6) is 0 Å². The minimum atomic E-state index is 0.389. The van der Waals surface area contributed by atoms with Crippen molar-refractivity contribution in [1.29, 1.82) is 0 Å². The van der Waals surface area contributed by atoms with Crippen LogP contribution in [0.3, 0.4) is 0 Å². The highest BCUT2D eigenvalue weighted by Gasteiger charge is 2.07. The quantitative estimate of drug-likeness (QED) is 0.831. The second kappa shape index (κ2) is 6.58. The van der Waals surface area contributed by atoms with Crippen molar-refractivity contribution in [3.05, 3.63) is 59.9 Å². The second-order valence-corrected chi connectivity index (χ2v) is 5.58. The summed E-state index contributed by atoms with van der Waals surface area (Å²) in [7, 11) is 0. The van der Waals surface area contributed by atoms with Crippen molar-refractivity contribution in [2.45, 2.75) is 33.4 Å². The van der Waals surface area contributed by atoms with Gasteiger partial charge in [-0.1, -0.05) is 44.2 Å². The van der Waals surface area contributed by atoms with Gasteiger partial charge in [0.05, 0.1) is 6.04 Å². The summed E-state index contributed by atoms with van der Waals surface area (Å²) < 4.78 is 2.28. The van der Waals surface area contributed by atoms with Gasteiger partial charge in [0.1, 0.15) is 0 Å². The molecule has 2 nitrogen and oxygen atoms in total. The Labute approximate surface area is 116 Å². The maximum Gasteiger partial charge on any atom is 0.0551 e. The molecule has 0 radical (unpaired) electrons. The molecule has 0 aliphatic carbocycles. The lowest BCUT2D eigenvalue weighted by Crippen LogP contribution is -2.18. The smallest absolute Gasteiger partial charge is 0.0551 e. The van der Waals surface area contributed by atoms with Crippen LogP contribution < -0.4 is 5.32 Å². The van der Waals surface area contributed by atoms with Crippen molar-refractivity contribution in [2.75, 3.05) is 6.54 Å². The molecule has 1 aromatic heterocycles. The first kappa shape index (κ1) is 13.9. The van der Waals surface area contributed by atoms with Crippen LogP contribution in [0.4, 0.5) is 0 Å². The maximum atomic E-state index is 3.48. The fourth-order valence-electron chi connectivity index (χ4n) is 2.21. The Morgan fingerprint density at radius 3 is 2.47 bits per heavy atom. The van der Waals surface area contributed by atoms with E-state index in [0.717, 1.165) is 13.1 Å². The van der Waals surface area contributed by atoms with Crippen LogP contribution in [-0.2, 0) is 6.54 Å².